The number of hydrogen-bond acceptors (Lipinski definition) is 0. The van der Waals surface area contributed by atoms with Crippen LogP contribution in [0.2, 0.25) is 9.63 Å². The van der Waals surface area contributed by atoms with Gasteiger partial charge in [0.05, 0.1) is 0 Å². The summed E-state index contributed by atoms with van der Waals surface area (Å²) in [4.78, 5) is 1.81. The fraction of sp³-hybridized carbons (Fsp3) is 1.00. The first-order chi connectivity index (χ1) is 5.24. The van der Waals surface area contributed by atoms with Gasteiger partial charge in [-0.25, -0.2) is 0 Å². The normalized spacial score (nSPS) is 50.7. The molecule has 0 amide bonds. The molecule has 2 fully saturated rings. The number of alkyl halides is 2. The molecule has 2 heterocycles. The maximum atomic E-state index is 6.13. The van der Waals surface area contributed by atoms with Gasteiger partial charge in [-0.05, 0) is 0 Å². The van der Waals surface area contributed by atoms with Crippen LogP contribution in [0.15, 0.2) is 0 Å². The van der Waals surface area contributed by atoms with E-state index in [-0.39, 0.29) is 0 Å². The van der Waals surface area contributed by atoms with E-state index >= 15 is 0 Å². The average molecular weight is 258 g/mol. The van der Waals surface area contributed by atoms with E-state index in [0.717, 1.165) is 24.6 Å². The summed E-state index contributed by atoms with van der Waals surface area (Å²) in [5.74, 6) is 0. The molecule has 2 aliphatic heterocycles. The first-order valence-corrected chi connectivity index (χ1v) is 7.02. The molecule has 0 aromatic heterocycles. The van der Waals surface area contributed by atoms with Crippen molar-refractivity contribution in [2.75, 3.05) is 0 Å². The molecular weight excluding hydrogens is 246 g/mol. The molecule has 0 nitrogen and oxygen atoms in total. The molecule has 0 N–H and O–H groups in total. The van der Waals surface area contributed by atoms with E-state index in [4.69, 9.17) is 23.2 Å². The fourth-order valence-electron chi connectivity index (χ4n) is 2.02. The van der Waals surface area contributed by atoms with Crippen LogP contribution in [0.4, 0.5) is 0 Å². The van der Waals surface area contributed by atoms with Crippen molar-refractivity contribution in [3.63, 3.8) is 0 Å². The van der Waals surface area contributed by atoms with E-state index in [1.165, 1.54) is 25.7 Å². The van der Waals surface area contributed by atoms with E-state index in [2.05, 4.69) is 0 Å². The third-order valence-electron chi connectivity index (χ3n) is 2.46. The molecule has 11 heavy (non-hydrogen) atoms. The molecule has 2 rings (SSSR count). The van der Waals surface area contributed by atoms with Crippen molar-refractivity contribution in [2.24, 2.45) is 0 Å². The summed E-state index contributed by atoms with van der Waals surface area (Å²) in [6.07, 6.45) is 4.95. The SMILES string of the molecule is ClC1CC2CC(Cl)CC(C1)[Se]2. The van der Waals surface area contributed by atoms with Crippen molar-refractivity contribution in [2.45, 2.75) is 46.1 Å². The molecule has 0 aromatic carbocycles. The topological polar surface area (TPSA) is 0 Å². The third-order valence-corrected chi connectivity index (χ3v) is 6.40. The monoisotopic (exact) mass is 258 g/mol. The molecule has 0 saturated carbocycles. The summed E-state index contributed by atoms with van der Waals surface area (Å²) in [7, 11) is 0. The second kappa shape index (κ2) is 3.46. The predicted molar refractivity (Wildman–Crippen MR) is 51.0 cm³/mol. The van der Waals surface area contributed by atoms with Crippen LogP contribution in [0, 0.1) is 0 Å². The van der Waals surface area contributed by atoms with Crippen LogP contribution in [-0.2, 0) is 0 Å². The van der Waals surface area contributed by atoms with Crippen LogP contribution in [0.3, 0.4) is 0 Å². The zero-order valence-electron chi connectivity index (χ0n) is 6.30. The Kier molecular flexibility index (Phi) is 2.73. The van der Waals surface area contributed by atoms with Crippen molar-refractivity contribution < 1.29 is 0 Å². The van der Waals surface area contributed by atoms with Crippen molar-refractivity contribution >= 4 is 38.2 Å². The van der Waals surface area contributed by atoms with Gasteiger partial charge in [-0.2, -0.15) is 0 Å². The van der Waals surface area contributed by atoms with Gasteiger partial charge in [0.25, 0.3) is 0 Å². The molecule has 0 aliphatic carbocycles. The Bertz CT molecular complexity index is 118. The standard InChI is InChI=1S/C8H12Cl2Se/c9-5-1-7-3-6(10)4-8(2-5)11-7/h5-8H,1-4H2. The number of rotatable bonds is 0. The number of fused-ring (bicyclic) bond motifs is 2. The Balaban J connectivity index is 2.00. The van der Waals surface area contributed by atoms with Gasteiger partial charge in [0.2, 0.25) is 0 Å². The van der Waals surface area contributed by atoms with Crippen LogP contribution in [0.25, 0.3) is 0 Å². The molecule has 2 aliphatic rings. The van der Waals surface area contributed by atoms with Gasteiger partial charge in [-0.15, -0.1) is 0 Å². The van der Waals surface area contributed by atoms with Crippen molar-refractivity contribution in [1.29, 1.82) is 0 Å². The fourth-order valence-corrected chi connectivity index (χ4v) is 7.86. The van der Waals surface area contributed by atoms with Crippen LogP contribution in [0.5, 0.6) is 0 Å². The molecule has 2 saturated heterocycles. The number of hydrogen-bond donors (Lipinski definition) is 0. The summed E-state index contributed by atoms with van der Waals surface area (Å²) in [6, 6.07) is 0. The van der Waals surface area contributed by atoms with Crippen molar-refractivity contribution in [1.82, 2.24) is 0 Å². The van der Waals surface area contributed by atoms with Crippen LogP contribution < -0.4 is 0 Å². The molecule has 64 valence electrons. The Morgan fingerprint density at radius 3 is 1.55 bits per heavy atom. The molecule has 0 spiro atoms. The van der Waals surface area contributed by atoms with Gasteiger partial charge >= 0.3 is 84.2 Å². The molecule has 0 radical (unpaired) electrons. The average Bonchev–Trinajstić information content (AvgIpc) is 1.82. The van der Waals surface area contributed by atoms with E-state index in [1.54, 1.807) is 0 Å². The van der Waals surface area contributed by atoms with Crippen LogP contribution >= 0.6 is 23.2 Å². The van der Waals surface area contributed by atoms with E-state index in [1.807, 2.05) is 0 Å². The Morgan fingerprint density at radius 2 is 1.18 bits per heavy atom. The van der Waals surface area contributed by atoms with Crippen LogP contribution in [0.1, 0.15) is 25.7 Å². The quantitative estimate of drug-likeness (QED) is 0.462. The van der Waals surface area contributed by atoms with Crippen molar-refractivity contribution in [3.8, 4) is 0 Å². The van der Waals surface area contributed by atoms with E-state index < -0.39 is 0 Å². The first kappa shape index (κ1) is 8.69. The van der Waals surface area contributed by atoms with Gasteiger partial charge in [-0.3, -0.25) is 0 Å². The molecule has 0 unspecified atom stereocenters. The van der Waals surface area contributed by atoms with Gasteiger partial charge < -0.3 is 0 Å². The summed E-state index contributed by atoms with van der Waals surface area (Å²) in [5.41, 5.74) is 0. The van der Waals surface area contributed by atoms with Gasteiger partial charge in [-0.1, -0.05) is 0 Å². The first-order valence-electron chi connectivity index (χ1n) is 4.17. The summed E-state index contributed by atoms with van der Waals surface area (Å²) in [5, 5.41) is 0.926. The molecule has 2 bridgehead atoms. The summed E-state index contributed by atoms with van der Waals surface area (Å²) >= 11 is 13.1. The minimum atomic E-state index is 0.463. The van der Waals surface area contributed by atoms with Gasteiger partial charge in [0.1, 0.15) is 0 Å². The second-order valence-corrected chi connectivity index (χ2v) is 8.12. The minimum absolute atomic E-state index is 0.463. The Hall–Kier alpha value is 1.10. The van der Waals surface area contributed by atoms with Crippen molar-refractivity contribution in [3.05, 3.63) is 0 Å². The summed E-state index contributed by atoms with van der Waals surface area (Å²) < 4.78 is 0. The number of halogens is 2. The van der Waals surface area contributed by atoms with Gasteiger partial charge in [0.15, 0.2) is 0 Å². The third kappa shape index (κ3) is 2.06. The Labute approximate surface area is 84.2 Å². The zero-order chi connectivity index (χ0) is 7.84. The molecule has 0 aromatic rings. The molecule has 0 atom stereocenters. The molecule has 3 heteroatoms. The van der Waals surface area contributed by atoms with Crippen LogP contribution in [-0.4, -0.2) is 25.7 Å². The second-order valence-electron chi connectivity index (χ2n) is 3.52. The zero-order valence-corrected chi connectivity index (χ0v) is 9.53. The predicted octanol–water partition coefficient (Wildman–Crippen LogP) is 3.07. The summed E-state index contributed by atoms with van der Waals surface area (Å²) in [6.45, 7) is 0. The van der Waals surface area contributed by atoms with E-state index in [9.17, 15) is 0 Å². The Morgan fingerprint density at radius 1 is 0.818 bits per heavy atom. The van der Waals surface area contributed by atoms with Gasteiger partial charge in [0, 0.05) is 0 Å². The van der Waals surface area contributed by atoms with E-state index in [0.29, 0.717) is 10.8 Å². The maximum absolute atomic E-state index is 6.13. The molecular formula is C8H12Cl2Se.